The molecule has 1 aliphatic heterocycles. The minimum atomic E-state index is 0.715. The van der Waals surface area contributed by atoms with Crippen LogP contribution in [0, 0.1) is 5.92 Å². The van der Waals surface area contributed by atoms with Gasteiger partial charge in [0.25, 0.3) is 0 Å². The number of hydrogen-bond donors (Lipinski definition) is 1. The molecule has 0 unspecified atom stereocenters. The number of guanidine groups is 1. The average molecular weight is 257 g/mol. The first-order valence-electron chi connectivity index (χ1n) is 6.56. The Balaban J connectivity index is 1.51. The van der Waals surface area contributed by atoms with Gasteiger partial charge >= 0.3 is 0 Å². The lowest BCUT2D eigenvalue weighted by atomic mass is 10.4. The fourth-order valence-corrected chi connectivity index (χ4v) is 2.69. The monoisotopic (exact) mass is 257 g/mol. The summed E-state index contributed by atoms with van der Waals surface area (Å²) in [5, 5.41) is 0. The molecule has 2 rings (SSSR count). The molecular formula is C12H23N3OS. The van der Waals surface area contributed by atoms with Gasteiger partial charge in [-0.3, -0.25) is 4.99 Å². The predicted octanol–water partition coefficient (Wildman–Crippen LogP) is 1.17. The lowest BCUT2D eigenvalue weighted by Gasteiger charge is -2.27. The van der Waals surface area contributed by atoms with Crippen LogP contribution in [0.3, 0.4) is 0 Å². The summed E-state index contributed by atoms with van der Waals surface area (Å²) in [5.41, 5.74) is 5.95. The third-order valence-electron chi connectivity index (χ3n) is 3.11. The summed E-state index contributed by atoms with van der Waals surface area (Å²) in [4.78, 5) is 6.59. The fourth-order valence-electron chi connectivity index (χ4n) is 1.79. The van der Waals surface area contributed by atoms with Gasteiger partial charge in [-0.25, -0.2) is 0 Å². The van der Waals surface area contributed by atoms with Gasteiger partial charge in [0, 0.05) is 44.4 Å². The third kappa shape index (κ3) is 5.17. The Labute approximate surface area is 108 Å². The molecule has 0 radical (unpaired) electrons. The Morgan fingerprint density at radius 1 is 1.35 bits per heavy atom. The molecule has 2 N–H and O–H groups in total. The molecule has 1 heterocycles. The lowest BCUT2D eigenvalue weighted by molar-refractivity contribution is 0.123. The highest BCUT2D eigenvalue weighted by Crippen LogP contribution is 2.28. The van der Waals surface area contributed by atoms with E-state index >= 15 is 0 Å². The van der Waals surface area contributed by atoms with Crippen molar-refractivity contribution in [2.75, 3.05) is 44.4 Å². The zero-order chi connectivity index (χ0) is 11.9. The molecule has 17 heavy (non-hydrogen) atoms. The summed E-state index contributed by atoms with van der Waals surface area (Å²) in [6.07, 6.45) is 3.70. The molecule has 1 saturated heterocycles. The number of rotatable bonds is 6. The maximum absolute atomic E-state index is 5.95. The van der Waals surface area contributed by atoms with E-state index in [-0.39, 0.29) is 0 Å². The maximum Gasteiger partial charge on any atom is 0.191 e. The molecule has 0 aromatic rings. The van der Waals surface area contributed by atoms with E-state index in [1.807, 2.05) is 11.8 Å². The number of ether oxygens (including phenoxy) is 1. The molecule has 0 bridgehead atoms. The number of aliphatic imine (C=N–C) groups is 1. The zero-order valence-corrected chi connectivity index (χ0v) is 11.3. The zero-order valence-electron chi connectivity index (χ0n) is 10.4. The van der Waals surface area contributed by atoms with Gasteiger partial charge in [0.1, 0.15) is 0 Å². The molecule has 5 heteroatoms. The molecule has 1 aliphatic carbocycles. The molecule has 1 saturated carbocycles. The number of hydrogen-bond acceptors (Lipinski definition) is 3. The van der Waals surface area contributed by atoms with E-state index in [1.165, 1.54) is 24.3 Å². The van der Waals surface area contributed by atoms with Crippen LogP contribution in [-0.4, -0.2) is 55.2 Å². The van der Waals surface area contributed by atoms with Gasteiger partial charge in [-0.15, -0.1) is 0 Å². The van der Waals surface area contributed by atoms with E-state index < -0.39 is 0 Å². The van der Waals surface area contributed by atoms with Crippen molar-refractivity contribution in [3.63, 3.8) is 0 Å². The molecule has 2 fully saturated rings. The molecule has 0 spiro atoms. The Morgan fingerprint density at radius 3 is 2.82 bits per heavy atom. The molecule has 0 aromatic heterocycles. The van der Waals surface area contributed by atoms with Gasteiger partial charge in [0.2, 0.25) is 0 Å². The second kappa shape index (κ2) is 7.11. The first kappa shape index (κ1) is 13.0. The van der Waals surface area contributed by atoms with Crippen molar-refractivity contribution in [3.8, 4) is 0 Å². The molecule has 0 atom stereocenters. The summed E-state index contributed by atoms with van der Waals surface area (Å²) in [5.74, 6) is 3.91. The van der Waals surface area contributed by atoms with Crippen LogP contribution < -0.4 is 5.73 Å². The second-order valence-electron chi connectivity index (χ2n) is 4.71. The largest absolute Gasteiger partial charge is 0.381 e. The molecule has 2 aliphatic rings. The summed E-state index contributed by atoms with van der Waals surface area (Å²) in [7, 11) is 0. The van der Waals surface area contributed by atoms with Crippen molar-refractivity contribution in [1.29, 1.82) is 0 Å². The molecule has 98 valence electrons. The number of thioether (sulfide) groups is 1. The fraction of sp³-hybridized carbons (Fsp3) is 0.917. The molecule has 0 aromatic carbocycles. The smallest absolute Gasteiger partial charge is 0.191 e. The van der Waals surface area contributed by atoms with Gasteiger partial charge in [0.05, 0.1) is 0 Å². The van der Waals surface area contributed by atoms with Gasteiger partial charge in [-0.1, -0.05) is 0 Å². The quantitative estimate of drug-likeness (QED) is 0.441. The van der Waals surface area contributed by atoms with Crippen LogP contribution in [0.1, 0.15) is 19.3 Å². The lowest BCUT2D eigenvalue weighted by Crippen LogP contribution is -2.42. The first-order chi connectivity index (χ1) is 8.36. The Hall–Kier alpha value is -0.420. The summed E-state index contributed by atoms with van der Waals surface area (Å²) >= 11 is 1.99. The van der Waals surface area contributed by atoms with Crippen LogP contribution in [-0.2, 0) is 4.74 Å². The molecular weight excluding hydrogens is 234 g/mol. The van der Waals surface area contributed by atoms with Crippen LogP contribution in [0.25, 0.3) is 0 Å². The highest BCUT2D eigenvalue weighted by molar-refractivity contribution is 7.99. The molecule has 0 amide bonds. The Bertz CT molecular complexity index is 250. The van der Waals surface area contributed by atoms with E-state index in [0.29, 0.717) is 5.96 Å². The van der Waals surface area contributed by atoms with E-state index in [4.69, 9.17) is 10.5 Å². The van der Waals surface area contributed by atoms with Gasteiger partial charge in [0.15, 0.2) is 5.96 Å². The second-order valence-corrected chi connectivity index (χ2v) is 5.94. The van der Waals surface area contributed by atoms with E-state index in [2.05, 4.69) is 9.89 Å². The molecule has 4 nitrogen and oxygen atoms in total. The van der Waals surface area contributed by atoms with Crippen LogP contribution in [0.15, 0.2) is 4.99 Å². The van der Waals surface area contributed by atoms with Crippen LogP contribution >= 0.6 is 11.8 Å². The van der Waals surface area contributed by atoms with Crippen LogP contribution in [0.4, 0.5) is 0 Å². The van der Waals surface area contributed by atoms with Crippen LogP contribution in [0.5, 0.6) is 0 Å². The van der Waals surface area contributed by atoms with Crippen molar-refractivity contribution in [3.05, 3.63) is 0 Å². The topological polar surface area (TPSA) is 50.9 Å². The van der Waals surface area contributed by atoms with Gasteiger partial charge in [-0.05, 0) is 25.2 Å². The van der Waals surface area contributed by atoms with Crippen molar-refractivity contribution < 1.29 is 4.74 Å². The van der Waals surface area contributed by atoms with Crippen molar-refractivity contribution in [1.82, 2.24) is 4.90 Å². The maximum atomic E-state index is 5.95. The van der Waals surface area contributed by atoms with Gasteiger partial charge in [-0.2, -0.15) is 11.8 Å². The highest BCUT2D eigenvalue weighted by Gasteiger charge is 2.20. The standard InChI is InChI=1S/C12H23N3OS/c13-12(15-5-8-17-9-6-15)14-4-1-7-16-10-11-2-3-11/h11H,1-10H2,(H2,13,14). The minimum absolute atomic E-state index is 0.715. The van der Waals surface area contributed by atoms with E-state index in [1.54, 1.807) is 0 Å². The van der Waals surface area contributed by atoms with Crippen molar-refractivity contribution >= 4 is 17.7 Å². The normalized spacial score (nSPS) is 21.9. The average Bonchev–Trinajstić information content (AvgIpc) is 3.18. The van der Waals surface area contributed by atoms with Crippen molar-refractivity contribution in [2.45, 2.75) is 19.3 Å². The third-order valence-corrected chi connectivity index (χ3v) is 4.05. The Kier molecular flexibility index (Phi) is 5.45. The van der Waals surface area contributed by atoms with E-state index in [9.17, 15) is 0 Å². The predicted molar refractivity (Wildman–Crippen MR) is 73.5 cm³/mol. The first-order valence-corrected chi connectivity index (χ1v) is 7.72. The number of nitrogens with two attached hydrogens (primary N) is 1. The van der Waals surface area contributed by atoms with Gasteiger partial charge < -0.3 is 15.4 Å². The highest BCUT2D eigenvalue weighted by atomic mass is 32.2. The SMILES string of the molecule is NC(=NCCCOCC1CC1)N1CCSCC1. The summed E-state index contributed by atoms with van der Waals surface area (Å²) in [6.45, 7) is 4.64. The Morgan fingerprint density at radius 2 is 2.12 bits per heavy atom. The summed E-state index contributed by atoms with van der Waals surface area (Å²) in [6, 6.07) is 0. The number of nitrogens with zero attached hydrogens (tertiary/aromatic N) is 2. The van der Waals surface area contributed by atoms with E-state index in [0.717, 1.165) is 45.2 Å². The van der Waals surface area contributed by atoms with Crippen molar-refractivity contribution in [2.24, 2.45) is 16.6 Å². The van der Waals surface area contributed by atoms with Crippen LogP contribution in [0.2, 0.25) is 0 Å². The summed E-state index contributed by atoms with van der Waals surface area (Å²) < 4.78 is 5.56. The minimum Gasteiger partial charge on any atom is -0.381 e.